The molecule has 2 rings (SSSR count). The zero-order valence-corrected chi connectivity index (χ0v) is 12.2. The lowest BCUT2D eigenvalue weighted by molar-refractivity contribution is -0.384. The zero-order valence-electron chi connectivity index (χ0n) is 11.4. The Hall–Kier alpha value is -2.47. The summed E-state index contributed by atoms with van der Waals surface area (Å²) >= 11 is 5.97. The maximum atomic E-state index is 11.9. The molecule has 0 radical (unpaired) electrons. The Balaban J connectivity index is 2.45. The summed E-state index contributed by atoms with van der Waals surface area (Å²) in [5, 5.41) is 15.1. The van der Waals surface area contributed by atoms with E-state index in [0.29, 0.717) is 16.3 Å². The van der Waals surface area contributed by atoms with Crippen LogP contribution in [0.1, 0.15) is 16.8 Å². The van der Waals surface area contributed by atoms with Crippen LogP contribution in [0.4, 0.5) is 5.69 Å². The summed E-state index contributed by atoms with van der Waals surface area (Å²) in [7, 11) is 0. The van der Waals surface area contributed by atoms with Crippen LogP contribution in [0.5, 0.6) is 0 Å². The number of nitro groups is 1. The van der Waals surface area contributed by atoms with Crippen LogP contribution in [0.25, 0.3) is 0 Å². The van der Waals surface area contributed by atoms with Gasteiger partial charge in [0.15, 0.2) is 0 Å². The highest BCUT2D eigenvalue weighted by Gasteiger charge is 2.08. The second-order valence-corrected chi connectivity index (χ2v) is 4.94. The SMILES string of the molecule is Cc1cc(C)n(N=Cc2cc([N+](=O)[O-])ccc2Cl)c(=O)c1. The molecular formula is C14H12ClN3O3. The number of non-ortho nitro benzene ring substituents is 1. The molecule has 1 aromatic heterocycles. The molecule has 0 aliphatic carbocycles. The summed E-state index contributed by atoms with van der Waals surface area (Å²) < 4.78 is 1.21. The van der Waals surface area contributed by atoms with E-state index >= 15 is 0 Å². The van der Waals surface area contributed by atoms with E-state index in [1.165, 1.54) is 35.2 Å². The summed E-state index contributed by atoms with van der Waals surface area (Å²) in [6, 6.07) is 7.31. The molecule has 0 saturated carbocycles. The Morgan fingerprint density at radius 3 is 2.62 bits per heavy atom. The number of aromatic nitrogens is 1. The number of rotatable bonds is 3. The molecule has 0 atom stereocenters. The van der Waals surface area contributed by atoms with Gasteiger partial charge in [-0.1, -0.05) is 11.6 Å². The van der Waals surface area contributed by atoms with Crippen LogP contribution in [-0.2, 0) is 0 Å². The summed E-state index contributed by atoms with van der Waals surface area (Å²) in [6.07, 6.45) is 1.33. The van der Waals surface area contributed by atoms with Crippen LogP contribution in [0, 0.1) is 24.0 Å². The molecule has 6 nitrogen and oxygen atoms in total. The lowest BCUT2D eigenvalue weighted by atomic mass is 10.2. The van der Waals surface area contributed by atoms with Crippen LogP contribution in [0.2, 0.25) is 5.02 Å². The Morgan fingerprint density at radius 2 is 2.00 bits per heavy atom. The van der Waals surface area contributed by atoms with Crippen LogP contribution in [-0.4, -0.2) is 15.8 Å². The van der Waals surface area contributed by atoms with Crippen molar-refractivity contribution in [1.29, 1.82) is 0 Å². The number of halogens is 1. The van der Waals surface area contributed by atoms with E-state index in [0.717, 1.165) is 5.56 Å². The summed E-state index contributed by atoms with van der Waals surface area (Å²) in [4.78, 5) is 22.1. The first-order valence-corrected chi connectivity index (χ1v) is 6.45. The van der Waals surface area contributed by atoms with Crippen molar-refractivity contribution in [3.05, 3.63) is 72.6 Å². The lowest BCUT2D eigenvalue weighted by Gasteiger charge is -2.04. The molecule has 0 saturated heterocycles. The Kier molecular flexibility index (Phi) is 4.18. The van der Waals surface area contributed by atoms with E-state index < -0.39 is 4.92 Å². The normalized spacial score (nSPS) is 11.0. The number of benzene rings is 1. The summed E-state index contributed by atoms with van der Waals surface area (Å²) in [6.45, 7) is 3.57. The molecule has 108 valence electrons. The molecule has 21 heavy (non-hydrogen) atoms. The second kappa shape index (κ2) is 5.88. The van der Waals surface area contributed by atoms with E-state index in [9.17, 15) is 14.9 Å². The van der Waals surface area contributed by atoms with Crippen molar-refractivity contribution in [2.24, 2.45) is 5.10 Å². The van der Waals surface area contributed by atoms with E-state index in [2.05, 4.69) is 5.10 Å². The first-order valence-electron chi connectivity index (χ1n) is 6.07. The fraction of sp³-hybridized carbons (Fsp3) is 0.143. The zero-order chi connectivity index (χ0) is 15.6. The Bertz CT molecular complexity index is 797. The van der Waals surface area contributed by atoms with Crippen LogP contribution >= 0.6 is 11.6 Å². The van der Waals surface area contributed by atoms with Crippen LogP contribution < -0.4 is 5.56 Å². The number of hydrogen-bond acceptors (Lipinski definition) is 4. The molecule has 0 unspecified atom stereocenters. The molecule has 1 heterocycles. The molecule has 0 aliphatic rings. The van der Waals surface area contributed by atoms with Gasteiger partial charge >= 0.3 is 0 Å². The van der Waals surface area contributed by atoms with Crippen LogP contribution in [0.3, 0.4) is 0 Å². The quantitative estimate of drug-likeness (QED) is 0.497. The predicted molar refractivity (Wildman–Crippen MR) is 81.3 cm³/mol. The van der Waals surface area contributed by atoms with Gasteiger partial charge in [0.05, 0.1) is 11.1 Å². The van der Waals surface area contributed by atoms with Crippen molar-refractivity contribution < 1.29 is 4.92 Å². The smallest absolute Gasteiger partial charge is 0.267 e. The van der Waals surface area contributed by atoms with Gasteiger partial charge < -0.3 is 0 Å². The molecule has 1 aromatic carbocycles. The van der Waals surface area contributed by atoms with Crippen molar-refractivity contribution in [2.75, 3.05) is 0 Å². The first-order chi connectivity index (χ1) is 9.88. The average molecular weight is 306 g/mol. The van der Waals surface area contributed by atoms with Crippen molar-refractivity contribution in [3.8, 4) is 0 Å². The highest BCUT2D eigenvalue weighted by atomic mass is 35.5. The monoisotopic (exact) mass is 305 g/mol. The van der Waals surface area contributed by atoms with Gasteiger partial charge in [0.2, 0.25) is 0 Å². The van der Waals surface area contributed by atoms with Crippen molar-refractivity contribution in [2.45, 2.75) is 13.8 Å². The maximum Gasteiger partial charge on any atom is 0.271 e. The minimum Gasteiger partial charge on any atom is -0.267 e. The maximum absolute atomic E-state index is 11.9. The third-order valence-electron chi connectivity index (χ3n) is 2.83. The standard InChI is InChI=1S/C14H12ClN3O3/c1-9-5-10(2)17(14(19)6-9)16-8-11-7-12(18(20)21)3-4-13(11)15/h3-8H,1-2H3. The van der Waals surface area contributed by atoms with E-state index in [1.807, 2.05) is 13.0 Å². The highest BCUT2D eigenvalue weighted by molar-refractivity contribution is 6.33. The fourth-order valence-electron chi connectivity index (χ4n) is 1.87. The minimum atomic E-state index is -0.517. The van der Waals surface area contributed by atoms with Gasteiger partial charge in [0.25, 0.3) is 11.2 Å². The first kappa shape index (κ1) is 14.9. The summed E-state index contributed by atoms with van der Waals surface area (Å²) in [5.41, 5.74) is 1.52. The third kappa shape index (κ3) is 3.35. The molecule has 0 aliphatic heterocycles. The Morgan fingerprint density at radius 1 is 1.29 bits per heavy atom. The fourth-order valence-corrected chi connectivity index (χ4v) is 2.04. The van der Waals surface area contributed by atoms with Gasteiger partial charge in [0, 0.05) is 34.5 Å². The number of aryl methyl sites for hydroxylation is 2. The van der Waals surface area contributed by atoms with E-state index in [4.69, 9.17) is 11.6 Å². The average Bonchev–Trinajstić information content (AvgIpc) is 2.39. The van der Waals surface area contributed by atoms with Crippen molar-refractivity contribution >= 4 is 23.5 Å². The largest absolute Gasteiger partial charge is 0.271 e. The molecule has 0 fully saturated rings. The molecule has 0 bridgehead atoms. The summed E-state index contributed by atoms with van der Waals surface area (Å²) in [5.74, 6) is 0. The molecule has 7 heteroatoms. The van der Waals surface area contributed by atoms with E-state index in [-0.39, 0.29) is 11.2 Å². The van der Waals surface area contributed by atoms with Gasteiger partial charge in [-0.05, 0) is 31.5 Å². The van der Waals surface area contributed by atoms with Crippen molar-refractivity contribution in [1.82, 2.24) is 4.68 Å². The number of pyridine rings is 1. The predicted octanol–water partition coefficient (Wildman–Crippen LogP) is 2.91. The molecular weight excluding hydrogens is 294 g/mol. The molecule has 2 aromatic rings. The third-order valence-corrected chi connectivity index (χ3v) is 3.18. The van der Waals surface area contributed by atoms with E-state index in [1.54, 1.807) is 6.92 Å². The van der Waals surface area contributed by atoms with Gasteiger partial charge in [-0.15, -0.1) is 0 Å². The molecule has 0 amide bonds. The Labute approximate surface area is 125 Å². The number of nitro benzene ring substituents is 1. The van der Waals surface area contributed by atoms with Crippen LogP contribution in [0.15, 0.2) is 40.2 Å². The topological polar surface area (TPSA) is 77.5 Å². The van der Waals surface area contributed by atoms with Gasteiger partial charge in [-0.2, -0.15) is 5.10 Å². The minimum absolute atomic E-state index is 0.0891. The molecule has 0 spiro atoms. The van der Waals surface area contributed by atoms with Gasteiger partial charge in [-0.25, -0.2) is 4.68 Å². The highest BCUT2D eigenvalue weighted by Crippen LogP contribution is 2.20. The number of hydrogen-bond donors (Lipinski definition) is 0. The van der Waals surface area contributed by atoms with Gasteiger partial charge in [-0.3, -0.25) is 14.9 Å². The molecule has 0 N–H and O–H groups in total. The van der Waals surface area contributed by atoms with Gasteiger partial charge in [0.1, 0.15) is 0 Å². The van der Waals surface area contributed by atoms with Crippen molar-refractivity contribution in [3.63, 3.8) is 0 Å². The second-order valence-electron chi connectivity index (χ2n) is 4.53. The lowest BCUT2D eigenvalue weighted by Crippen LogP contribution is -2.18. The number of nitrogens with zero attached hydrogens (tertiary/aromatic N) is 3.